The van der Waals surface area contributed by atoms with E-state index in [1.165, 1.54) is 0 Å². The second-order valence-corrected chi connectivity index (χ2v) is 18.2. The summed E-state index contributed by atoms with van der Waals surface area (Å²) < 4.78 is 20.7. The van der Waals surface area contributed by atoms with Crippen molar-refractivity contribution in [2.45, 2.75) is 122 Å². The Kier molecular flexibility index (Phi) is 17.7. The maximum atomic E-state index is 14.0. The first-order chi connectivity index (χ1) is 31.1. The third-order valence-electron chi connectivity index (χ3n) is 13.0. The summed E-state index contributed by atoms with van der Waals surface area (Å²) in [6.45, 7) is 10.3. The maximum Gasteiger partial charge on any atom is 0.308 e. The molecule has 4 aromatic rings. The minimum absolute atomic E-state index is 0.111. The molecule has 0 saturated carbocycles. The fourth-order valence-electron chi connectivity index (χ4n) is 9.17. The minimum Gasteiger partial charge on any atom is -0.462 e. The Balaban J connectivity index is 1.35. The zero-order valence-corrected chi connectivity index (χ0v) is 38.8. The van der Waals surface area contributed by atoms with E-state index < -0.39 is 78.6 Å². The maximum absolute atomic E-state index is 14.0. The first kappa shape index (κ1) is 49.7. The Bertz CT molecular complexity index is 2220. The number of benzene rings is 2. The summed E-state index contributed by atoms with van der Waals surface area (Å²) in [7, 11) is 3.53. The summed E-state index contributed by atoms with van der Waals surface area (Å²) in [5, 5.41) is 55.0. The predicted octanol–water partition coefficient (Wildman–Crippen LogP) is 5.03. The number of aromatic nitrogens is 4. The minimum atomic E-state index is -1.28. The molecule has 12 atom stereocenters. The standard InChI is InChI=1S/C50H68N6O9/c1-8-44-38(30-57)22-31(2)18-19-42(58)32(3)23-37(49(33(4)43(59)25-45(60)64-44)65-50-48(62)46(54(6)7)47(61)34(5)63-50)20-21-55(27-35-14-10-9-11-15-35)28-39-29-56(53-52-39)40-24-36-16-12-13-17-41(36)51-26-40/h9-19,22,24,26,29,32-34,37-38,43-44,46-50,57,59,61-62H,8,20-21,23,25,27-28,30H2,1-7H3/b19-18+,31-22+/t32-,33+,34-,37+,38-,43-,44-,46?,47-,48+,49-,50+/m1/s1. The van der Waals surface area contributed by atoms with Crippen LogP contribution in [0.2, 0.25) is 0 Å². The zero-order valence-electron chi connectivity index (χ0n) is 38.8. The summed E-state index contributed by atoms with van der Waals surface area (Å²) >= 11 is 0. The van der Waals surface area contributed by atoms with Crippen molar-refractivity contribution >= 4 is 22.7 Å². The van der Waals surface area contributed by atoms with Crippen molar-refractivity contribution in [2.75, 3.05) is 27.2 Å². The van der Waals surface area contributed by atoms with Gasteiger partial charge in [-0.1, -0.05) is 92.2 Å². The van der Waals surface area contributed by atoms with Crippen LogP contribution in [0, 0.1) is 23.7 Å². The number of allylic oxidation sites excluding steroid dienone is 3. The smallest absolute Gasteiger partial charge is 0.308 e. The number of pyridine rings is 1. The van der Waals surface area contributed by atoms with Gasteiger partial charge in [0, 0.05) is 36.2 Å². The molecular formula is C50H68N6O9. The van der Waals surface area contributed by atoms with Gasteiger partial charge in [-0.2, -0.15) is 0 Å². The van der Waals surface area contributed by atoms with Crippen LogP contribution in [0.5, 0.6) is 0 Å². The number of carbonyl (C=O) groups excluding carboxylic acids is 2. The molecule has 0 amide bonds. The van der Waals surface area contributed by atoms with Gasteiger partial charge < -0.3 is 39.5 Å². The van der Waals surface area contributed by atoms with Gasteiger partial charge in [0.2, 0.25) is 0 Å². The van der Waals surface area contributed by atoms with E-state index in [1.54, 1.807) is 61.9 Å². The highest BCUT2D eigenvalue weighted by Crippen LogP contribution is 2.35. The molecule has 1 saturated heterocycles. The van der Waals surface area contributed by atoms with Crippen LogP contribution in [0.1, 0.15) is 71.6 Å². The second kappa shape index (κ2) is 23.1. The molecule has 65 heavy (non-hydrogen) atoms. The second-order valence-electron chi connectivity index (χ2n) is 18.2. The van der Waals surface area contributed by atoms with Gasteiger partial charge in [-0.15, -0.1) is 5.10 Å². The van der Waals surface area contributed by atoms with Crippen LogP contribution in [0.3, 0.4) is 0 Å². The number of para-hydroxylation sites is 1. The van der Waals surface area contributed by atoms with Crippen LogP contribution in [0.25, 0.3) is 16.6 Å². The van der Waals surface area contributed by atoms with Crippen molar-refractivity contribution in [3.05, 3.63) is 108 Å². The van der Waals surface area contributed by atoms with E-state index in [0.717, 1.165) is 33.4 Å². The number of cyclic esters (lactones) is 1. The van der Waals surface area contributed by atoms with Gasteiger partial charge >= 0.3 is 5.97 Å². The van der Waals surface area contributed by atoms with Crippen LogP contribution in [0.4, 0.5) is 0 Å². The number of esters is 1. The molecular weight excluding hydrogens is 829 g/mol. The van der Waals surface area contributed by atoms with Gasteiger partial charge in [0.1, 0.15) is 12.2 Å². The molecule has 0 spiro atoms. The molecule has 0 aliphatic carbocycles. The van der Waals surface area contributed by atoms with E-state index in [-0.39, 0.29) is 18.8 Å². The summed E-state index contributed by atoms with van der Waals surface area (Å²) in [4.78, 5) is 36.1. The number of hydrogen-bond donors (Lipinski definition) is 4. The highest BCUT2D eigenvalue weighted by atomic mass is 16.7. The van der Waals surface area contributed by atoms with Crippen molar-refractivity contribution in [1.82, 2.24) is 29.8 Å². The lowest BCUT2D eigenvalue weighted by Crippen LogP contribution is -2.63. The van der Waals surface area contributed by atoms with Gasteiger partial charge in [-0.25, -0.2) is 4.68 Å². The van der Waals surface area contributed by atoms with Crippen LogP contribution in [-0.2, 0) is 36.9 Å². The Labute approximate surface area is 382 Å². The van der Waals surface area contributed by atoms with Crippen molar-refractivity contribution in [3.63, 3.8) is 0 Å². The molecule has 2 aromatic carbocycles. The number of fused-ring (bicyclic) bond motifs is 1. The monoisotopic (exact) mass is 897 g/mol. The molecule has 0 bridgehead atoms. The first-order valence-electron chi connectivity index (χ1n) is 22.9. The Morgan fingerprint density at radius 2 is 1.69 bits per heavy atom. The molecule has 15 heteroatoms. The largest absolute Gasteiger partial charge is 0.462 e. The molecule has 15 nitrogen and oxygen atoms in total. The number of hydrogen-bond acceptors (Lipinski definition) is 14. The fraction of sp³-hybridized carbons (Fsp3) is 0.540. The number of rotatable bonds is 13. The average molecular weight is 897 g/mol. The number of aliphatic hydroxyl groups excluding tert-OH is 4. The lowest BCUT2D eigenvalue weighted by molar-refractivity contribution is -0.304. The Morgan fingerprint density at radius 3 is 2.42 bits per heavy atom. The SMILES string of the molecule is CC[C@H]1OC(=O)C[C@@H](O)[C@H](C)[C@@H](O[C@@H]2O[C@H](C)[C@@H](O)C(N(C)C)[C@@H]2O)[C@@H](CCN(Cc2ccccc2)Cc2cn(-c3cnc4ccccc4c3)nn2)C[C@@H](C)C(=O)/C=C/C(C)=C/[C@@H]1CO. The molecule has 1 unspecified atom stereocenters. The predicted molar refractivity (Wildman–Crippen MR) is 246 cm³/mol. The summed E-state index contributed by atoms with van der Waals surface area (Å²) in [5.74, 6) is -2.91. The average Bonchev–Trinajstić information content (AvgIpc) is 3.76. The van der Waals surface area contributed by atoms with Crippen LogP contribution < -0.4 is 0 Å². The van der Waals surface area contributed by atoms with Crippen LogP contribution in [0.15, 0.2) is 96.9 Å². The first-order valence-corrected chi connectivity index (χ1v) is 22.9. The van der Waals surface area contributed by atoms with Crippen LogP contribution in [-0.4, -0.2) is 138 Å². The molecule has 4 N–H and O–H groups in total. The van der Waals surface area contributed by atoms with Crippen molar-refractivity contribution in [2.24, 2.45) is 23.7 Å². The van der Waals surface area contributed by atoms with Gasteiger partial charge in [-0.3, -0.25) is 19.5 Å². The highest BCUT2D eigenvalue weighted by Gasteiger charge is 2.47. The number of nitrogens with zero attached hydrogens (tertiary/aromatic N) is 6. The topological polar surface area (TPSA) is 193 Å². The van der Waals surface area contributed by atoms with E-state index in [4.69, 9.17) is 14.2 Å². The molecule has 2 aromatic heterocycles. The molecule has 352 valence electrons. The van der Waals surface area contributed by atoms with E-state index in [1.807, 2.05) is 75.5 Å². The number of likely N-dealkylation sites (N-methyl/N-ethyl adjacent to an activating group) is 1. The Hall–Kier alpha value is -4.71. The number of carbonyl (C=O) groups is 2. The lowest BCUT2D eigenvalue weighted by Gasteiger charge is -2.46. The summed E-state index contributed by atoms with van der Waals surface area (Å²) in [5.41, 5.74) is 4.21. The lowest BCUT2D eigenvalue weighted by atomic mass is 9.79. The van der Waals surface area contributed by atoms with Gasteiger partial charge in [0.15, 0.2) is 12.1 Å². The van der Waals surface area contributed by atoms with Gasteiger partial charge in [0.05, 0.1) is 72.8 Å². The highest BCUT2D eigenvalue weighted by molar-refractivity contribution is 5.91. The fourth-order valence-corrected chi connectivity index (χ4v) is 9.17. The number of aliphatic hydroxyl groups is 4. The molecule has 6 rings (SSSR count). The van der Waals surface area contributed by atoms with Crippen molar-refractivity contribution in [1.29, 1.82) is 0 Å². The van der Waals surface area contributed by atoms with Gasteiger partial charge in [0.25, 0.3) is 0 Å². The Morgan fingerprint density at radius 1 is 0.954 bits per heavy atom. The molecule has 4 heterocycles. The van der Waals surface area contributed by atoms with E-state index >= 15 is 0 Å². The quantitative estimate of drug-likeness (QED) is 0.131. The van der Waals surface area contributed by atoms with Crippen molar-refractivity contribution < 1.29 is 44.2 Å². The van der Waals surface area contributed by atoms with Crippen molar-refractivity contribution in [3.8, 4) is 5.69 Å². The molecule has 2 aliphatic heterocycles. The summed E-state index contributed by atoms with van der Waals surface area (Å²) in [6.07, 6.45) is 2.62. The summed E-state index contributed by atoms with van der Waals surface area (Å²) in [6, 6.07) is 19.3. The number of ketones is 1. The normalized spacial score (nSPS) is 31.2. The van der Waals surface area contributed by atoms with Gasteiger partial charge in [-0.05, 0) is 83.4 Å². The molecule has 0 radical (unpaired) electrons. The van der Waals surface area contributed by atoms with E-state index in [9.17, 15) is 30.0 Å². The molecule has 1 fully saturated rings. The molecule has 2 aliphatic rings. The third-order valence-corrected chi connectivity index (χ3v) is 13.0. The number of ether oxygens (including phenoxy) is 3. The van der Waals surface area contributed by atoms with E-state index in [0.29, 0.717) is 38.9 Å². The van der Waals surface area contributed by atoms with Crippen LogP contribution >= 0.6 is 0 Å². The zero-order chi connectivity index (χ0) is 46.8. The third kappa shape index (κ3) is 13.0. The van der Waals surface area contributed by atoms with E-state index in [2.05, 4.69) is 32.3 Å².